The molecule has 1 aliphatic rings. The smallest absolute Gasteiger partial charge is 0.309 e. The van der Waals surface area contributed by atoms with E-state index in [1.807, 2.05) is 4.90 Å². The molecule has 1 fully saturated rings. The summed E-state index contributed by atoms with van der Waals surface area (Å²) in [7, 11) is 0. The Morgan fingerprint density at radius 3 is 2.71 bits per heavy atom. The number of nitrogens with one attached hydrogen (secondary N) is 1. The monoisotopic (exact) mass is 613 g/mol. The van der Waals surface area contributed by atoms with Crippen molar-refractivity contribution in [2.24, 2.45) is 0 Å². The number of furan rings is 1. The molecular formula is C26H28FN9O4S2. The average Bonchev–Trinajstić information content (AvgIpc) is 3.71. The maximum absolute atomic E-state index is 14.9. The molecule has 4 aromatic heterocycles. The summed E-state index contributed by atoms with van der Waals surface area (Å²) in [5, 5.41) is 7.04. The van der Waals surface area contributed by atoms with Gasteiger partial charge in [-0.1, -0.05) is 22.5 Å². The lowest BCUT2D eigenvalue weighted by Crippen LogP contribution is -2.47. The quantitative estimate of drug-likeness (QED) is 0.233. The van der Waals surface area contributed by atoms with Gasteiger partial charge in [0, 0.05) is 44.8 Å². The maximum Gasteiger partial charge on any atom is 0.309 e. The van der Waals surface area contributed by atoms with E-state index >= 15 is 0 Å². The molecule has 0 spiro atoms. The Kier molecular flexibility index (Phi) is 7.85. The van der Waals surface area contributed by atoms with E-state index in [0.717, 1.165) is 11.3 Å². The van der Waals surface area contributed by atoms with Crippen molar-refractivity contribution in [3.8, 4) is 11.6 Å². The lowest BCUT2D eigenvalue weighted by molar-refractivity contribution is 0.0955. The van der Waals surface area contributed by atoms with Gasteiger partial charge in [-0.25, -0.2) is 9.37 Å². The van der Waals surface area contributed by atoms with Crippen molar-refractivity contribution in [1.82, 2.24) is 34.4 Å². The number of hydrogen-bond donors (Lipinski definition) is 2. The minimum Gasteiger partial charge on any atom is -0.617 e. The molecule has 1 atom stereocenters. The molecular weight excluding hydrogens is 585 g/mol. The average molecular weight is 614 g/mol. The van der Waals surface area contributed by atoms with Crippen molar-refractivity contribution in [2.75, 3.05) is 61.9 Å². The van der Waals surface area contributed by atoms with E-state index < -0.39 is 22.9 Å². The lowest BCUT2D eigenvalue weighted by Gasteiger charge is -2.36. The predicted octanol–water partition coefficient (Wildman–Crippen LogP) is 1.41. The number of anilines is 2. The summed E-state index contributed by atoms with van der Waals surface area (Å²) in [6.45, 7) is 3.79. The van der Waals surface area contributed by atoms with Gasteiger partial charge in [0.15, 0.2) is 17.1 Å². The number of carbonyl (C=O) groups is 1. The summed E-state index contributed by atoms with van der Waals surface area (Å²) in [6, 6.07) is 7.93. The van der Waals surface area contributed by atoms with Gasteiger partial charge in [-0.3, -0.25) is 19.1 Å². The van der Waals surface area contributed by atoms with E-state index in [9.17, 15) is 18.5 Å². The largest absolute Gasteiger partial charge is 0.617 e. The van der Waals surface area contributed by atoms with Crippen molar-refractivity contribution in [2.45, 2.75) is 6.54 Å². The van der Waals surface area contributed by atoms with Gasteiger partial charge in [0.25, 0.3) is 5.91 Å². The normalized spacial score (nSPS) is 15.1. The zero-order valence-corrected chi connectivity index (χ0v) is 24.3. The van der Waals surface area contributed by atoms with E-state index in [0.29, 0.717) is 78.3 Å². The van der Waals surface area contributed by atoms with E-state index in [-0.39, 0.29) is 22.9 Å². The number of carbonyl (C=O) groups excluding carboxylic acids is 1. The van der Waals surface area contributed by atoms with Crippen LogP contribution in [0.5, 0.6) is 0 Å². The highest BCUT2D eigenvalue weighted by Gasteiger charge is 2.23. The number of thiazole rings is 1. The fourth-order valence-corrected chi connectivity index (χ4v) is 6.23. The minimum absolute atomic E-state index is 0.117. The number of hydrogen-bond acceptors (Lipinski definition) is 11. The highest BCUT2D eigenvalue weighted by Crippen LogP contribution is 2.26. The van der Waals surface area contributed by atoms with Crippen LogP contribution in [0.15, 0.2) is 45.8 Å². The first-order chi connectivity index (χ1) is 20.3. The Morgan fingerprint density at radius 1 is 1.19 bits per heavy atom. The predicted molar refractivity (Wildman–Crippen MR) is 159 cm³/mol. The second kappa shape index (κ2) is 11.7. The van der Waals surface area contributed by atoms with Gasteiger partial charge < -0.3 is 24.9 Å². The van der Waals surface area contributed by atoms with E-state index in [1.165, 1.54) is 16.8 Å². The summed E-state index contributed by atoms with van der Waals surface area (Å²) in [5.41, 5.74) is 7.74. The topological polar surface area (TPSA) is 163 Å². The molecule has 0 bridgehead atoms. The van der Waals surface area contributed by atoms with E-state index in [2.05, 4.69) is 25.3 Å². The summed E-state index contributed by atoms with van der Waals surface area (Å²) in [5.74, 6) is 0.436. The molecule has 5 heterocycles. The highest BCUT2D eigenvalue weighted by atomic mass is 32.2. The molecule has 220 valence electrons. The van der Waals surface area contributed by atoms with Crippen LogP contribution in [-0.4, -0.2) is 90.8 Å². The van der Waals surface area contributed by atoms with Crippen molar-refractivity contribution in [3.05, 3.63) is 57.6 Å². The third kappa shape index (κ3) is 5.57. The zero-order valence-electron chi connectivity index (χ0n) is 22.7. The number of aromatic nitrogens is 5. The summed E-state index contributed by atoms with van der Waals surface area (Å²) >= 11 is 0.0330. The lowest BCUT2D eigenvalue weighted by atomic mass is 10.1. The molecule has 0 aliphatic carbocycles. The number of halogens is 1. The molecule has 16 heteroatoms. The molecule has 1 aliphatic heterocycles. The zero-order chi connectivity index (χ0) is 29.4. The number of nitrogens with two attached hydrogens (primary N) is 1. The molecule has 13 nitrogen and oxygen atoms in total. The standard InChI is InChI=1S/C26H28FN9O4S2/c1-42(39)14-6-29-24(37)16-4-5-18(17(27)15-16)34-10-7-33(8-11-34)9-12-35-22-20(41-26(35)38)23-30-21(19-3-2-13-40-19)32-36(23)25(28)31-22/h2-5,13,15H,6-12,14H2,1H3,(H2,28,31)(H,29,37)/t42-/m0/s1. The van der Waals surface area contributed by atoms with Gasteiger partial charge in [0.05, 0.1) is 24.8 Å². The maximum atomic E-state index is 14.9. The molecule has 5 aromatic rings. The molecule has 0 unspecified atom stereocenters. The minimum atomic E-state index is -1.01. The number of rotatable bonds is 9. The molecule has 42 heavy (non-hydrogen) atoms. The highest BCUT2D eigenvalue weighted by molar-refractivity contribution is 7.90. The third-order valence-corrected chi connectivity index (χ3v) is 8.84. The number of benzene rings is 1. The molecule has 6 rings (SSSR count). The second-order valence-corrected chi connectivity index (χ2v) is 12.3. The van der Waals surface area contributed by atoms with Crippen LogP contribution < -0.4 is 20.8 Å². The molecule has 3 N–H and O–H groups in total. The number of amides is 1. The number of nitrogen functional groups attached to an aromatic ring is 1. The van der Waals surface area contributed by atoms with Gasteiger partial charge in [0.2, 0.25) is 11.8 Å². The summed E-state index contributed by atoms with van der Waals surface area (Å²) < 4.78 is 35.1. The number of fused-ring (bicyclic) bond motifs is 3. The van der Waals surface area contributed by atoms with Crippen LogP contribution in [0.2, 0.25) is 0 Å². The van der Waals surface area contributed by atoms with Crippen molar-refractivity contribution in [1.29, 1.82) is 0 Å². The fourth-order valence-electron chi connectivity index (χ4n) is 4.90. The van der Waals surface area contributed by atoms with Crippen LogP contribution in [0.25, 0.3) is 27.6 Å². The number of nitrogens with zero attached hydrogens (tertiary/aromatic N) is 7. The number of piperazine rings is 1. The Morgan fingerprint density at radius 2 is 2.00 bits per heavy atom. The Bertz CT molecular complexity index is 1790. The summed E-state index contributed by atoms with van der Waals surface area (Å²) in [4.78, 5) is 38.2. The molecule has 1 saturated heterocycles. The Hall–Kier alpha value is -3.99. The van der Waals surface area contributed by atoms with Gasteiger partial charge in [0.1, 0.15) is 16.3 Å². The van der Waals surface area contributed by atoms with Crippen molar-refractivity contribution < 1.29 is 18.2 Å². The molecule has 1 amide bonds. The van der Waals surface area contributed by atoms with Gasteiger partial charge in [-0.2, -0.15) is 9.50 Å². The van der Waals surface area contributed by atoms with Crippen molar-refractivity contribution in [3.63, 3.8) is 0 Å². The van der Waals surface area contributed by atoms with Crippen LogP contribution in [0.3, 0.4) is 0 Å². The van der Waals surface area contributed by atoms with Crippen LogP contribution in [0.4, 0.5) is 16.0 Å². The van der Waals surface area contributed by atoms with Crippen LogP contribution in [0, 0.1) is 5.82 Å². The van der Waals surface area contributed by atoms with Crippen LogP contribution in [0.1, 0.15) is 10.4 Å². The second-order valence-electron chi connectivity index (χ2n) is 9.82. The summed E-state index contributed by atoms with van der Waals surface area (Å²) in [6.07, 6.45) is 3.09. The third-order valence-electron chi connectivity index (χ3n) is 7.10. The first-order valence-corrected chi connectivity index (χ1v) is 15.8. The Balaban J connectivity index is 1.10. The molecule has 0 radical (unpaired) electrons. The van der Waals surface area contributed by atoms with Crippen LogP contribution in [-0.2, 0) is 17.7 Å². The van der Waals surface area contributed by atoms with E-state index in [1.54, 1.807) is 35.1 Å². The Labute approximate surface area is 245 Å². The van der Waals surface area contributed by atoms with Crippen LogP contribution >= 0.6 is 11.3 Å². The van der Waals surface area contributed by atoms with Crippen molar-refractivity contribution >= 4 is 56.0 Å². The van der Waals surface area contributed by atoms with Gasteiger partial charge in [-0.15, -0.1) is 5.10 Å². The van der Waals surface area contributed by atoms with E-state index in [4.69, 9.17) is 10.2 Å². The van der Waals surface area contributed by atoms with Gasteiger partial charge in [-0.05, 0) is 30.3 Å². The fraction of sp³-hybridized carbons (Fsp3) is 0.346. The first kappa shape index (κ1) is 28.1. The molecule has 0 saturated carbocycles. The first-order valence-electron chi connectivity index (χ1n) is 13.2. The van der Waals surface area contributed by atoms with Gasteiger partial charge >= 0.3 is 4.87 Å². The molecule has 1 aromatic carbocycles. The SMILES string of the molecule is C[S@+]([O-])CCNC(=O)c1ccc(N2CCN(CCn3c(=O)sc4c3nc(N)n3nc(-c5ccco5)nc43)CC2)c(F)c1.